The van der Waals surface area contributed by atoms with Gasteiger partial charge in [-0.2, -0.15) is 0 Å². The van der Waals surface area contributed by atoms with Crippen molar-refractivity contribution in [1.29, 1.82) is 0 Å². The number of rotatable bonds is 25. The van der Waals surface area contributed by atoms with E-state index < -0.39 is 49.5 Å². The fourth-order valence-corrected chi connectivity index (χ4v) is 5.09. The number of amides is 1. The molecule has 0 saturated carbocycles. The summed E-state index contributed by atoms with van der Waals surface area (Å²) < 4.78 is 11.0. The van der Waals surface area contributed by atoms with Gasteiger partial charge in [0.1, 0.15) is 24.4 Å². The third kappa shape index (κ3) is 17.0. The molecule has 1 saturated heterocycles. The molecule has 0 aromatic carbocycles. The molecule has 41 heavy (non-hydrogen) atoms. The molecule has 1 amide bonds. The quantitative estimate of drug-likeness (QED) is 0.0685. The molecule has 1 aliphatic rings. The van der Waals surface area contributed by atoms with Gasteiger partial charge in [-0.3, -0.25) is 4.79 Å². The molecular formula is C32H61NO8. The number of unbranched alkanes of at least 4 members (excludes halogenated alkanes) is 15. The van der Waals surface area contributed by atoms with Crippen LogP contribution in [0.15, 0.2) is 12.2 Å². The molecule has 0 aromatic heterocycles. The number of aliphatic hydroxyl groups excluding tert-OH is 5. The summed E-state index contributed by atoms with van der Waals surface area (Å²) >= 11 is 0. The Morgan fingerprint density at radius 2 is 1.34 bits per heavy atom. The van der Waals surface area contributed by atoms with Gasteiger partial charge >= 0.3 is 0 Å². The van der Waals surface area contributed by atoms with Gasteiger partial charge in [0.25, 0.3) is 0 Å². The van der Waals surface area contributed by atoms with Gasteiger partial charge in [-0.1, -0.05) is 116 Å². The zero-order valence-corrected chi connectivity index (χ0v) is 25.8. The van der Waals surface area contributed by atoms with Crippen molar-refractivity contribution in [2.45, 2.75) is 172 Å². The molecule has 1 heterocycles. The third-order valence-corrected chi connectivity index (χ3v) is 7.86. The molecule has 1 fully saturated rings. The molecule has 9 heteroatoms. The first-order valence-electron chi connectivity index (χ1n) is 16.4. The number of hydrogen-bond acceptors (Lipinski definition) is 8. The lowest BCUT2D eigenvalue weighted by atomic mass is 9.99. The van der Waals surface area contributed by atoms with E-state index in [1.165, 1.54) is 64.2 Å². The summed E-state index contributed by atoms with van der Waals surface area (Å²) in [4.78, 5) is 12.7. The molecule has 7 atom stereocenters. The third-order valence-electron chi connectivity index (χ3n) is 7.86. The van der Waals surface area contributed by atoms with Crippen LogP contribution in [0, 0.1) is 0 Å². The SMILES string of the molecule is CCCCCC/C=C/C(O)C(COC1OC(CO)C(O)C(O)C1O)NC(=O)CCCCCCCCCCCCCC. The molecule has 6 N–H and O–H groups in total. The average Bonchev–Trinajstić information content (AvgIpc) is 2.97. The highest BCUT2D eigenvalue weighted by Crippen LogP contribution is 2.22. The van der Waals surface area contributed by atoms with E-state index in [1.807, 2.05) is 6.08 Å². The molecule has 0 radical (unpaired) electrons. The van der Waals surface area contributed by atoms with Gasteiger partial charge in [-0.05, 0) is 19.3 Å². The summed E-state index contributed by atoms with van der Waals surface area (Å²) in [5.41, 5.74) is 0. The van der Waals surface area contributed by atoms with Crippen LogP contribution in [-0.4, -0.2) is 87.5 Å². The zero-order valence-electron chi connectivity index (χ0n) is 25.8. The van der Waals surface area contributed by atoms with E-state index in [4.69, 9.17) is 9.47 Å². The summed E-state index contributed by atoms with van der Waals surface area (Å²) in [5, 5.41) is 53.4. The molecule has 242 valence electrons. The second-order valence-corrected chi connectivity index (χ2v) is 11.6. The van der Waals surface area contributed by atoms with E-state index in [2.05, 4.69) is 19.2 Å². The first kappa shape index (κ1) is 38.0. The zero-order chi connectivity index (χ0) is 30.3. The van der Waals surface area contributed by atoms with Gasteiger partial charge in [0.05, 0.1) is 25.4 Å². The lowest BCUT2D eigenvalue weighted by molar-refractivity contribution is -0.302. The molecule has 1 rings (SSSR count). The van der Waals surface area contributed by atoms with Crippen LogP contribution in [0.25, 0.3) is 0 Å². The maximum absolute atomic E-state index is 12.7. The standard InChI is InChI=1S/C32H61NO8/c1-3-5-7-9-11-12-13-14-15-16-18-20-22-28(36)33-25(26(35)21-19-17-10-8-6-4-2)24-40-32-31(39)30(38)29(37)27(23-34)41-32/h19,21,25-27,29-32,34-35,37-39H,3-18,20,22-24H2,1-2H3,(H,33,36)/b21-19+. The summed E-state index contributed by atoms with van der Waals surface area (Å²) in [6, 6.07) is -0.793. The van der Waals surface area contributed by atoms with Gasteiger partial charge in [0.2, 0.25) is 5.91 Å². The number of ether oxygens (including phenoxy) is 2. The van der Waals surface area contributed by atoms with Crippen molar-refractivity contribution in [2.24, 2.45) is 0 Å². The monoisotopic (exact) mass is 587 g/mol. The molecule has 0 spiro atoms. The molecule has 7 unspecified atom stereocenters. The summed E-state index contributed by atoms with van der Waals surface area (Å²) in [6.45, 7) is 3.64. The summed E-state index contributed by atoms with van der Waals surface area (Å²) in [5.74, 6) is -0.185. The lowest BCUT2D eigenvalue weighted by Gasteiger charge is -2.40. The van der Waals surface area contributed by atoms with E-state index in [0.717, 1.165) is 44.9 Å². The van der Waals surface area contributed by atoms with Crippen molar-refractivity contribution in [2.75, 3.05) is 13.2 Å². The average molecular weight is 588 g/mol. The number of carbonyl (C=O) groups excluding carboxylic acids is 1. The van der Waals surface area contributed by atoms with Gasteiger partial charge in [0, 0.05) is 6.42 Å². The van der Waals surface area contributed by atoms with Gasteiger partial charge in [-0.15, -0.1) is 0 Å². The van der Waals surface area contributed by atoms with E-state index in [1.54, 1.807) is 6.08 Å². The number of nitrogens with one attached hydrogen (secondary N) is 1. The molecule has 1 aliphatic heterocycles. The number of aliphatic hydroxyl groups is 5. The first-order chi connectivity index (χ1) is 19.8. The van der Waals surface area contributed by atoms with Crippen molar-refractivity contribution in [3.05, 3.63) is 12.2 Å². The summed E-state index contributed by atoms with van der Waals surface area (Å²) in [7, 11) is 0. The van der Waals surface area contributed by atoms with E-state index in [0.29, 0.717) is 6.42 Å². The number of allylic oxidation sites excluding steroid dienone is 1. The minimum atomic E-state index is -1.56. The van der Waals surface area contributed by atoms with Crippen molar-refractivity contribution in [1.82, 2.24) is 5.32 Å². The Bertz CT molecular complexity index is 662. The van der Waals surface area contributed by atoms with Crippen LogP contribution in [0.3, 0.4) is 0 Å². The van der Waals surface area contributed by atoms with Crippen LogP contribution >= 0.6 is 0 Å². The van der Waals surface area contributed by atoms with Crippen molar-refractivity contribution < 1.29 is 39.8 Å². The Hall–Kier alpha value is -1.07. The predicted octanol–water partition coefficient (Wildman–Crippen LogP) is 4.27. The number of hydrogen-bond donors (Lipinski definition) is 6. The molecule has 0 aliphatic carbocycles. The lowest BCUT2D eigenvalue weighted by Crippen LogP contribution is -2.60. The van der Waals surface area contributed by atoms with E-state index in [9.17, 15) is 30.3 Å². The highest BCUT2D eigenvalue weighted by Gasteiger charge is 2.44. The van der Waals surface area contributed by atoms with Gasteiger partial charge in [0.15, 0.2) is 6.29 Å². The fourth-order valence-electron chi connectivity index (χ4n) is 5.09. The maximum atomic E-state index is 12.7. The highest BCUT2D eigenvalue weighted by atomic mass is 16.7. The van der Waals surface area contributed by atoms with Gasteiger partial charge in [-0.25, -0.2) is 0 Å². The predicted molar refractivity (Wildman–Crippen MR) is 161 cm³/mol. The van der Waals surface area contributed by atoms with Crippen molar-refractivity contribution in [3.63, 3.8) is 0 Å². The smallest absolute Gasteiger partial charge is 0.220 e. The van der Waals surface area contributed by atoms with E-state index >= 15 is 0 Å². The largest absolute Gasteiger partial charge is 0.394 e. The highest BCUT2D eigenvalue weighted by molar-refractivity contribution is 5.76. The second-order valence-electron chi connectivity index (χ2n) is 11.6. The van der Waals surface area contributed by atoms with Crippen LogP contribution in [0.1, 0.15) is 129 Å². The van der Waals surface area contributed by atoms with Crippen LogP contribution in [0.4, 0.5) is 0 Å². The van der Waals surface area contributed by atoms with Crippen LogP contribution in [0.2, 0.25) is 0 Å². The Kier molecular flexibility index (Phi) is 22.6. The molecule has 9 nitrogen and oxygen atoms in total. The van der Waals surface area contributed by atoms with Crippen LogP contribution < -0.4 is 5.32 Å². The molecule has 0 aromatic rings. The van der Waals surface area contributed by atoms with Crippen molar-refractivity contribution in [3.8, 4) is 0 Å². The van der Waals surface area contributed by atoms with Crippen LogP contribution in [0.5, 0.6) is 0 Å². The topological polar surface area (TPSA) is 149 Å². The first-order valence-corrected chi connectivity index (χ1v) is 16.4. The van der Waals surface area contributed by atoms with E-state index in [-0.39, 0.29) is 12.5 Å². The maximum Gasteiger partial charge on any atom is 0.220 e. The summed E-state index contributed by atoms with van der Waals surface area (Å²) in [6.07, 6.45) is 15.7. The number of carbonyl (C=O) groups is 1. The molecular weight excluding hydrogens is 526 g/mol. The minimum absolute atomic E-state index is 0.185. The normalized spacial score (nSPS) is 24.5. The van der Waals surface area contributed by atoms with Crippen LogP contribution in [-0.2, 0) is 14.3 Å². The molecule has 0 bridgehead atoms. The Morgan fingerprint density at radius 1 is 0.805 bits per heavy atom. The minimum Gasteiger partial charge on any atom is -0.394 e. The van der Waals surface area contributed by atoms with Gasteiger partial charge < -0.3 is 40.3 Å². The Balaban J connectivity index is 2.48. The Morgan fingerprint density at radius 3 is 1.90 bits per heavy atom. The Labute approximate surface area is 248 Å². The second kappa shape index (κ2) is 24.4. The fraction of sp³-hybridized carbons (Fsp3) is 0.906. The van der Waals surface area contributed by atoms with Crippen molar-refractivity contribution >= 4 is 5.91 Å².